The summed E-state index contributed by atoms with van der Waals surface area (Å²) in [5, 5.41) is 0. The lowest BCUT2D eigenvalue weighted by Gasteiger charge is -2.23. The van der Waals surface area contributed by atoms with Crippen molar-refractivity contribution in [3.05, 3.63) is 76.0 Å². The third kappa shape index (κ3) is 4.47. The minimum absolute atomic E-state index is 0.0528. The van der Waals surface area contributed by atoms with E-state index in [1.165, 1.54) is 22.8 Å². The van der Waals surface area contributed by atoms with E-state index < -0.39 is 11.7 Å². The quantitative estimate of drug-likeness (QED) is 0.580. The van der Waals surface area contributed by atoms with Crippen LogP contribution >= 0.6 is 0 Å². The van der Waals surface area contributed by atoms with Crippen LogP contribution in [0.2, 0.25) is 0 Å². The highest BCUT2D eigenvalue weighted by molar-refractivity contribution is 5.68. The zero-order chi connectivity index (χ0) is 18.6. The summed E-state index contributed by atoms with van der Waals surface area (Å²) in [4.78, 5) is 1.66. The third-order valence-electron chi connectivity index (χ3n) is 4.62. The van der Waals surface area contributed by atoms with Gasteiger partial charge in [0.15, 0.2) is 0 Å². The number of halogens is 2. The molecule has 0 unspecified atom stereocenters. The molecule has 0 atom stereocenters. The normalized spacial score (nSPS) is 15.7. The molecule has 0 fully saturated rings. The van der Waals surface area contributed by atoms with Crippen LogP contribution in [-0.2, 0) is 6.54 Å². The molecule has 1 aliphatic carbocycles. The van der Waals surface area contributed by atoms with Crippen LogP contribution in [0.25, 0.3) is 5.57 Å². The second kappa shape index (κ2) is 8.28. The summed E-state index contributed by atoms with van der Waals surface area (Å²) in [7, 11) is 1.74. The molecule has 0 aromatic heterocycles. The molecule has 1 aromatic carbocycles. The SMILES string of the molecule is C/C=C(/CC)c1cc(CN(C)C2=C(F)CC=C(C)C=C2F)ccc1C. The largest absolute Gasteiger partial charge is 0.366 e. The Bertz CT molecular complexity index is 766. The Hall–Kier alpha value is -2.16. The summed E-state index contributed by atoms with van der Waals surface area (Å²) in [6.45, 7) is 8.50. The van der Waals surface area contributed by atoms with Crippen LogP contribution in [-0.4, -0.2) is 11.9 Å². The molecule has 0 aliphatic heterocycles. The van der Waals surface area contributed by atoms with Crippen molar-refractivity contribution in [2.75, 3.05) is 7.05 Å². The van der Waals surface area contributed by atoms with Gasteiger partial charge in [-0.3, -0.25) is 0 Å². The van der Waals surface area contributed by atoms with Gasteiger partial charge in [-0.15, -0.1) is 0 Å². The maximum Gasteiger partial charge on any atom is 0.149 e. The van der Waals surface area contributed by atoms with Gasteiger partial charge in [-0.1, -0.05) is 36.8 Å². The number of nitrogens with zero attached hydrogens (tertiary/aromatic N) is 1. The van der Waals surface area contributed by atoms with E-state index in [-0.39, 0.29) is 12.1 Å². The van der Waals surface area contributed by atoms with Gasteiger partial charge in [0, 0.05) is 20.0 Å². The molecule has 134 valence electrons. The van der Waals surface area contributed by atoms with Gasteiger partial charge in [0.05, 0.1) is 0 Å². The van der Waals surface area contributed by atoms with Crippen molar-refractivity contribution < 1.29 is 8.78 Å². The van der Waals surface area contributed by atoms with Crippen molar-refractivity contribution in [2.45, 2.75) is 47.1 Å². The van der Waals surface area contributed by atoms with E-state index >= 15 is 0 Å². The molecule has 1 aromatic rings. The van der Waals surface area contributed by atoms with Gasteiger partial charge in [-0.2, -0.15) is 0 Å². The molecule has 0 N–H and O–H groups in total. The Labute approximate surface area is 150 Å². The summed E-state index contributed by atoms with van der Waals surface area (Å²) in [5.41, 5.74) is 5.55. The second-order valence-electron chi connectivity index (χ2n) is 6.57. The molecule has 0 spiro atoms. The number of likely N-dealkylation sites (N-methyl/N-ethyl adjacent to an activating group) is 1. The second-order valence-corrected chi connectivity index (χ2v) is 6.57. The van der Waals surface area contributed by atoms with Crippen molar-refractivity contribution in [1.82, 2.24) is 4.90 Å². The molecule has 1 nitrogen and oxygen atoms in total. The van der Waals surface area contributed by atoms with E-state index in [2.05, 4.69) is 32.1 Å². The predicted octanol–water partition coefficient (Wildman–Crippen LogP) is 6.62. The van der Waals surface area contributed by atoms with Crippen molar-refractivity contribution in [2.24, 2.45) is 0 Å². The number of aryl methyl sites for hydroxylation is 1. The summed E-state index contributed by atoms with van der Waals surface area (Å²) in [5.74, 6) is -0.940. The third-order valence-corrected chi connectivity index (χ3v) is 4.62. The molecular formula is C22H27F2N. The first kappa shape index (κ1) is 19.2. The predicted molar refractivity (Wildman–Crippen MR) is 102 cm³/mol. The fourth-order valence-corrected chi connectivity index (χ4v) is 3.21. The molecule has 25 heavy (non-hydrogen) atoms. The number of hydrogen-bond donors (Lipinski definition) is 0. The van der Waals surface area contributed by atoms with Gasteiger partial charge in [-0.25, -0.2) is 8.78 Å². The van der Waals surface area contributed by atoms with E-state index in [0.29, 0.717) is 6.54 Å². The molecule has 0 saturated heterocycles. The van der Waals surface area contributed by atoms with Crippen molar-refractivity contribution in [1.29, 1.82) is 0 Å². The molecule has 0 amide bonds. The van der Waals surface area contributed by atoms with Crippen LogP contribution in [0.4, 0.5) is 8.78 Å². The molecule has 2 rings (SSSR count). The van der Waals surface area contributed by atoms with Gasteiger partial charge < -0.3 is 4.90 Å². The number of rotatable bonds is 5. The molecule has 0 radical (unpaired) electrons. The highest BCUT2D eigenvalue weighted by atomic mass is 19.1. The summed E-state index contributed by atoms with van der Waals surface area (Å²) >= 11 is 0. The molecular weight excluding hydrogens is 316 g/mol. The lowest BCUT2D eigenvalue weighted by Crippen LogP contribution is -2.19. The van der Waals surface area contributed by atoms with E-state index in [9.17, 15) is 8.78 Å². The van der Waals surface area contributed by atoms with Gasteiger partial charge in [-0.05, 0) is 61.6 Å². The zero-order valence-electron chi connectivity index (χ0n) is 15.8. The highest BCUT2D eigenvalue weighted by Crippen LogP contribution is 2.30. The Morgan fingerprint density at radius 2 is 1.96 bits per heavy atom. The summed E-state index contributed by atoms with van der Waals surface area (Å²) in [6, 6.07) is 6.23. The minimum atomic E-state index is -0.513. The first-order valence-corrected chi connectivity index (χ1v) is 8.76. The fourth-order valence-electron chi connectivity index (χ4n) is 3.21. The summed E-state index contributed by atoms with van der Waals surface area (Å²) in [6.07, 6.45) is 6.32. The van der Waals surface area contributed by atoms with Crippen molar-refractivity contribution in [3.8, 4) is 0 Å². The number of allylic oxidation sites excluding steroid dienone is 7. The standard InChI is InChI=1S/C22H27F2N/c1-6-18(7-2)19-13-17(10-9-16(19)4)14-25(5)22-20(23)11-8-15(3)12-21(22)24/h6,8-10,12-13H,7,11,14H2,1-5H3/b18-6-. The van der Waals surface area contributed by atoms with Gasteiger partial charge in [0.1, 0.15) is 17.4 Å². The van der Waals surface area contributed by atoms with E-state index in [4.69, 9.17) is 0 Å². The van der Waals surface area contributed by atoms with Crippen LogP contribution in [0, 0.1) is 6.92 Å². The van der Waals surface area contributed by atoms with Crippen LogP contribution in [0.15, 0.2) is 59.4 Å². The van der Waals surface area contributed by atoms with E-state index in [1.54, 1.807) is 24.9 Å². The Kier molecular flexibility index (Phi) is 6.35. The smallest absolute Gasteiger partial charge is 0.149 e. The Morgan fingerprint density at radius 1 is 1.24 bits per heavy atom. The van der Waals surface area contributed by atoms with Crippen molar-refractivity contribution in [3.63, 3.8) is 0 Å². The molecule has 3 heteroatoms. The monoisotopic (exact) mass is 343 g/mol. The van der Waals surface area contributed by atoms with E-state index in [0.717, 1.165) is 17.6 Å². The topological polar surface area (TPSA) is 3.24 Å². The number of benzene rings is 1. The average molecular weight is 343 g/mol. The Balaban J connectivity index is 2.31. The van der Waals surface area contributed by atoms with Gasteiger partial charge in [0.25, 0.3) is 0 Å². The zero-order valence-corrected chi connectivity index (χ0v) is 15.8. The highest BCUT2D eigenvalue weighted by Gasteiger charge is 2.19. The van der Waals surface area contributed by atoms with Crippen LogP contribution in [0.1, 0.15) is 50.3 Å². The molecule has 0 heterocycles. The first-order chi connectivity index (χ1) is 11.9. The minimum Gasteiger partial charge on any atom is -0.366 e. The van der Waals surface area contributed by atoms with Gasteiger partial charge >= 0.3 is 0 Å². The number of hydrogen-bond acceptors (Lipinski definition) is 1. The maximum atomic E-state index is 14.4. The molecule has 0 bridgehead atoms. The fraction of sp³-hybridized carbons (Fsp3) is 0.364. The molecule has 0 saturated carbocycles. The van der Waals surface area contributed by atoms with Crippen LogP contribution < -0.4 is 0 Å². The van der Waals surface area contributed by atoms with Gasteiger partial charge in [0.2, 0.25) is 0 Å². The molecule has 1 aliphatic rings. The van der Waals surface area contributed by atoms with E-state index in [1.807, 2.05) is 13.0 Å². The van der Waals surface area contributed by atoms with Crippen molar-refractivity contribution >= 4 is 5.57 Å². The maximum absolute atomic E-state index is 14.4. The lowest BCUT2D eigenvalue weighted by atomic mass is 9.96. The lowest BCUT2D eigenvalue weighted by molar-refractivity contribution is 0.373. The Morgan fingerprint density at radius 3 is 2.60 bits per heavy atom. The van der Waals surface area contributed by atoms with Crippen LogP contribution in [0.3, 0.4) is 0 Å². The average Bonchev–Trinajstić information content (AvgIpc) is 2.69. The van der Waals surface area contributed by atoms with Crippen LogP contribution in [0.5, 0.6) is 0 Å². The first-order valence-electron chi connectivity index (χ1n) is 8.76. The summed E-state index contributed by atoms with van der Waals surface area (Å²) < 4.78 is 28.8.